The predicted molar refractivity (Wildman–Crippen MR) is 94.2 cm³/mol. The van der Waals surface area contributed by atoms with Gasteiger partial charge < -0.3 is 14.2 Å². The predicted octanol–water partition coefficient (Wildman–Crippen LogP) is 4.28. The molecule has 132 valence electrons. The number of carbonyl (C=O) groups excluding carboxylic acids is 2. The van der Waals surface area contributed by atoms with Crippen molar-refractivity contribution in [2.75, 3.05) is 6.79 Å². The quantitative estimate of drug-likeness (QED) is 0.552. The number of hydrogen-bond donors (Lipinski definition) is 0. The van der Waals surface area contributed by atoms with Crippen molar-refractivity contribution in [3.63, 3.8) is 0 Å². The summed E-state index contributed by atoms with van der Waals surface area (Å²) >= 11 is 7.50. The lowest BCUT2D eigenvalue weighted by Crippen LogP contribution is -2.14. The van der Waals surface area contributed by atoms with E-state index in [2.05, 4.69) is 0 Å². The van der Waals surface area contributed by atoms with E-state index in [0.29, 0.717) is 27.8 Å². The van der Waals surface area contributed by atoms with Gasteiger partial charge >= 0.3 is 5.97 Å². The molecule has 2 aromatic rings. The molecule has 0 saturated carbocycles. The molecule has 0 unspecified atom stereocenters. The Morgan fingerprint density at radius 3 is 2.88 bits per heavy atom. The maximum absolute atomic E-state index is 12.0. The molecule has 1 aliphatic heterocycles. The zero-order chi connectivity index (χ0) is 17.8. The summed E-state index contributed by atoms with van der Waals surface area (Å²) in [7, 11) is 0. The van der Waals surface area contributed by atoms with Gasteiger partial charge in [-0.3, -0.25) is 9.59 Å². The van der Waals surface area contributed by atoms with E-state index in [1.807, 2.05) is 13.0 Å². The molecule has 0 saturated heterocycles. The van der Waals surface area contributed by atoms with E-state index >= 15 is 0 Å². The molecule has 0 N–H and O–H groups in total. The number of ketones is 1. The summed E-state index contributed by atoms with van der Waals surface area (Å²) in [5.74, 6) is 0.173. The van der Waals surface area contributed by atoms with Gasteiger partial charge in [-0.15, -0.1) is 11.3 Å². The normalized spacial score (nSPS) is 13.0. The lowest BCUT2D eigenvalue weighted by atomic mass is 10.1. The Labute approximate surface area is 154 Å². The highest BCUT2D eigenvalue weighted by molar-refractivity contribution is 7.14. The first-order valence-corrected chi connectivity index (χ1v) is 8.99. The van der Waals surface area contributed by atoms with Gasteiger partial charge in [-0.2, -0.15) is 0 Å². The van der Waals surface area contributed by atoms with Crippen LogP contribution in [0.1, 0.15) is 38.5 Å². The summed E-state index contributed by atoms with van der Waals surface area (Å²) in [6.45, 7) is 2.55. The van der Waals surface area contributed by atoms with Crippen molar-refractivity contribution in [3.8, 4) is 5.75 Å². The highest BCUT2D eigenvalue weighted by Gasteiger charge is 2.18. The number of ether oxygens (including phenoxy) is 3. The molecule has 0 radical (unpaired) electrons. The Bertz CT molecular complexity index is 799. The highest BCUT2D eigenvalue weighted by Crippen LogP contribution is 2.32. The topological polar surface area (TPSA) is 61.8 Å². The van der Waals surface area contributed by atoms with Crippen molar-refractivity contribution >= 4 is 34.7 Å². The van der Waals surface area contributed by atoms with Gasteiger partial charge in [0.1, 0.15) is 12.4 Å². The third-order valence-corrected chi connectivity index (χ3v) is 4.97. The van der Waals surface area contributed by atoms with E-state index in [-0.39, 0.29) is 32.0 Å². The summed E-state index contributed by atoms with van der Waals surface area (Å²) in [4.78, 5) is 25.7. The molecular weight excluding hydrogens is 364 g/mol. The van der Waals surface area contributed by atoms with E-state index in [0.717, 1.165) is 10.4 Å². The number of thiophene rings is 1. The van der Waals surface area contributed by atoms with Gasteiger partial charge in [-0.1, -0.05) is 11.6 Å². The first-order valence-electron chi connectivity index (χ1n) is 7.80. The first-order chi connectivity index (χ1) is 12.0. The average molecular weight is 381 g/mol. The number of benzene rings is 1. The van der Waals surface area contributed by atoms with Crippen LogP contribution in [0, 0.1) is 6.92 Å². The van der Waals surface area contributed by atoms with E-state index in [9.17, 15) is 9.59 Å². The Hall–Kier alpha value is -1.89. The monoisotopic (exact) mass is 380 g/mol. The largest absolute Gasteiger partial charge is 0.467 e. The van der Waals surface area contributed by atoms with Crippen LogP contribution in [0.15, 0.2) is 24.3 Å². The van der Waals surface area contributed by atoms with Crippen LogP contribution in [0.25, 0.3) is 0 Å². The lowest BCUT2D eigenvalue weighted by molar-refractivity contribution is -0.145. The maximum atomic E-state index is 12.0. The minimum atomic E-state index is -0.428. The van der Waals surface area contributed by atoms with E-state index in [4.69, 9.17) is 25.8 Å². The standard InChI is InChI=1S/C18H17ClO5S/c1-11-2-4-16(25-11)15(20)3-5-17(21)23-9-13-7-14(19)6-12-8-22-10-24-18(12)13/h2,4,6-7H,3,5,8-10H2,1H3. The van der Waals surface area contributed by atoms with E-state index < -0.39 is 5.97 Å². The summed E-state index contributed by atoms with van der Waals surface area (Å²) in [5.41, 5.74) is 1.52. The molecule has 0 aliphatic carbocycles. The van der Waals surface area contributed by atoms with Crippen LogP contribution in [0.5, 0.6) is 5.75 Å². The molecule has 0 amide bonds. The summed E-state index contributed by atoms with van der Waals surface area (Å²) < 4.78 is 16.0. The molecular formula is C18H17ClO5S. The first kappa shape index (κ1) is 17.9. The minimum absolute atomic E-state index is 0.0442. The number of fused-ring (bicyclic) bond motifs is 1. The second-order valence-electron chi connectivity index (χ2n) is 5.66. The molecule has 0 bridgehead atoms. The second-order valence-corrected chi connectivity index (χ2v) is 7.38. The smallest absolute Gasteiger partial charge is 0.306 e. The Morgan fingerprint density at radius 1 is 1.28 bits per heavy atom. The molecule has 25 heavy (non-hydrogen) atoms. The summed E-state index contributed by atoms with van der Waals surface area (Å²) in [6.07, 6.45) is 0.180. The van der Waals surface area contributed by atoms with E-state index in [1.165, 1.54) is 11.3 Å². The zero-order valence-corrected chi connectivity index (χ0v) is 15.2. The molecule has 1 aromatic heterocycles. The van der Waals surface area contributed by atoms with Gasteiger partial charge in [-0.05, 0) is 31.2 Å². The second kappa shape index (κ2) is 7.99. The van der Waals surface area contributed by atoms with Crippen molar-refractivity contribution in [1.29, 1.82) is 0 Å². The highest BCUT2D eigenvalue weighted by atomic mass is 35.5. The SMILES string of the molecule is Cc1ccc(C(=O)CCC(=O)OCc2cc(Cl)cc3c2OCOC3)s1. The van der Waals surface area contributed by atoms with Crippen LogP contribution < -0.4 is 4.74 Å². The molecule has 1 aliphatic rings. The minimum Gasteiger partial charge on any atom is -0.467 e. The molecule has 5 nitrogen and oxygen atoms in total. The lowest BCUT2D eigenvalue weighted by Gasteiger charge is -2.21. The number of hydrogen-bond acceptors (Lipinski definition) is 6. The van der Waals surface area contributed by atoms with Crippen LogP contribution >= 0.6 is 22.9 Å². The fourth-order valence-electron chi connectivity index (χ4n) is 2.52. The van der Waals surface area contributed by atoms with Crippen LogP contribution in [0.2, 0.25) is 5.02 Å². The molecule has 0 spiro atoms. The fraction of sp³-hybridized carbons (Fsp3) is 0.333. The van der Waals surface area contributed by atoms with Gasteiger partial charge in [0.05, 0.1) is 17.9 Å². The molecule has 3 rings (SSSR count). The van der Waals surface area contributed by atoms with Gasteiger partial charge in [0.15, 0.2) is 12.6 Å². The number of aryl methyl sites for hydroxylation is 1. The van der Waals surface area contributed by atoms with Crippen molar-refractivity contribution in [2.45, 2.75) is 33.0 Å². The third kappa shape index (κ3) is 4.60. The Balaban J connectivity index is 1.54. The number of carbonyl (C=O) groups is 2. The van der Waals surface area contributed by atoms with E-state index in [1.54, 1.807) is 18.2 Å². The summed E-state index contributed by atoms with van der Waals surface area (Å²) in [6, 6.07) is 7.15. The summed E-state index contributed by atoms with van der Waals surface area (Å²) in [5, 5.41) is 0.530. The molecule has 2 heterocycles. The van der Waals surface area contributed by atoms with Gasteiger partial charge in [0.25, 0.3) is 0 Å². The number of Topliss-reactive ketones (excluding diaryl/α,β-unsaturated/α-hetero) is 1. The van der Waals surface area contributed by atoms with Crippen molar-refractivity contribution in [1.82, 2.24) is 0 Å². The molecule has 0 fully saturated rings. The Morgan fingerprint density at radius 2 is 2.12 bits per heavy atom. The van der Waals surface area contributed by atoms with Crippen molar-refractivity contribution < 1.29 is 23.8 Å². The average Bonchev–Trinajstić information content (AvgIpc) is 3.04. The van der Waals surface area contributed by atoms with Gasteiger partial charge in [0.2, 0.25) is 0 Å². The van der Waals surface area contributed by atoms with Crippen LogP contribution in [0.4, 0.5) is 0 Å². The fourth-order valence-corrected chi connectivity index (χ4v) is 3.62. The molecule has 1 aromatic carbocycles. The molecule has 7 heteroatoms. The zero-order valence-electron chi connectivity index (χ0n) is 13.7. The van der Waals surface area contributed by atoms with Crippen LogP contribution in [0.3, 0.4) is 0 Å². The van der Waals surface area contributed by atoms with Crippen LogP contribution in [-0.4, -0.2) is 18.5 Å². The van der Waals surface area contributed by atoms with Crippen molar-refractivity contribution in [3.05, 3.63) is 50.2 Å². The number of rotatable bonds is 6. The maximum Gasteiger partial charge on any atom is 0.306 e. The Kier molecular flexibility index (Phi) is 5.73. The van der Waals surface area contributed by atoms with Gasteiger partial charge in [-0.25, -0.2) is 0 Å². The third-order valence-electron chi connectivity index (χ3n) is 3.71. The number of halogens is 1. The molecule has 0 atom stereocenters. The van der Waals surface area contributed by atoms with Crippen LogP contribution in [-0.2, 0) is 27.5 Å². The van der Waals surface area contributed by atoms with Gasteiger partial charge in [0, 0.05) is 27.4 Å². The van der Waals surface area contributed by atoms with Crippen molar-refractivity contribution in [2.24, 2.45) is 0 Å². The number of esters is 1.